The summed E-state index contributed by atoms with van der Waals surface area (Å²) in [7, 11) is -1.19. The Morgan fingerprint density at radius 1 is 1.08 bits per heavy atom. The first kappa shape index (κ1) is 13.1. The minimum Gasteiger partial charge on any atom is -0.396 e. The highest BCUT2D eigenvalue weighted by molar-refractivity contribution is 6.76. The molecular weight excluding hydrogens is 180 g/mol. The quantitative estimate of drug-likeness (QED) is 0.651. The van der Waals surface area contributed by atoms with Gasteiger partial charge in [-0.3, -0.25) is 0 Å². The largest absolute Gasteiger partial charge is 0.396 e. The van der Waals surface area contributed by atoms with Gasteiger partial charge in [-0.25, -0.2) is 0 Å². The van der Waals surface area contributed by atoms with Gasteiger partial charge >= 0.3 is 0 Å². The highest BCUT2D eigenvalue weighted by Gasteiger charge is 2.33. The molecule has 0 aromatic heterocycles. The van der Waals surface area contributed by atoms with Gasteiger partial charge in [-0.05, 0) is 12.5 Å². The molecule has 3 heteroatoms. The van der Waals surface area contributed by atoms with E-state index in [1.54, 1.807) is 0 Å². The van der Waals surface area contributed by atoms with Gasteiger partial charge in [0.15, 0.2) is 0 Å². The summed E-state index contributed by atoms with van der Waals surface area (Å²) in [4.78, 5) is 0. The zero-order valence-electron chi connectivity index (χ0n) is 9.43. The van der Waals surface area contributed by atoms with Crippen molar-refractivity contribution in [1.29, 1.82) is 0 Å². The molecule has 0 rings (SSSR count). The average molecular weight is 204 g/mol. The Morgan fingerprint density at radius 3 is 1.77 bits per heavy atom. The molecule has 0 aliphatic carbocycles. The van der Waals surface area contributed by atoms with E-state index in [0.717, 1.165) is 18.9 Å². The van der Waals surface area contributed by atoms with Crippen molar-refractivity contribution in [2.45, 2.75) is 45.5 Å². The van der Waals surface area contributed by atoms with Crippen LogP contribution in [-0.2, 0) is 0 Å². The second-order valence-electron chi connectivity index (χ2n) is 5.30. The van der Waals surface area contributed by atoms with Gasteiger partial charge in [0.1, 0.15) is 0 Å². The Balaban J connectivity index is 4.38. The number of hydrogen-bond donors (Lipinski definition) is 2. The van der Waals surface area contributed by atoms with E-state index in [2.05, 4.69) is 26.6 Å². The van der Waals surface area contributed by atoms with E-state index in [1.807, 2.05) is 0 Å². The van der Waals surface area contributed by atoms with Crippen LogP contribution in [0.4, 0.5) is 0 Å². The smallest absolute Gasteiger partial charge is 0.0506 e. The number of aliphatic hydroxyl groups is 2. The van der Waals surface area contributed by atoms with E-state index in [0.29, 0.717) is 0 Å². The molecule has 0 atom stereocenters. The van der Waals surface area contributed by atoms with Crippen LogP contribution in [0.1, 0.15) is 19.8 Å². The monoisotopic (exact) mass is 204 g/mol. The molecule has 0 bridgehead atoms. The lowest BCUT2D eigenvalue weighted by atomic mass is 9.87. The van der Waals surface area contributed by atoms with Crippen molar-refractivity contribution >= 4 is 8.07 Å². The molecule has 0 unspecified atom stereocenters. The first-order valence-electron chi connectivity index (χ1n) is 5.11. The van der Waals surface area contributed by atoms with E-state index >= 15 is 0 Å². The van der Waals surface area contributed by atoms with Crippen LogP contribution in [0.3, 0.4) is 0 Å². The van der Waals surface area contributed by atoms with Gasteiger partial charge in [0.25, 0.3) is 0 Å². The summed E-state index contributed by atoms with van der Waals surface area (Å²) in [6.45, 7) is 9.20. The number of aliphatic hydroxyl groups excluding tert-OH is 2. The van der Waals surface area contributed by atoms with Crippen LogP contribution in [0.5, 0.6) is 0 Å². The van der Waals surface area contributed by atoms with Crippen molar-refractivity contribution in [3.05, 3.63) is 0 Å². The third kappa shape index (κ3) is 4.79. The van der Waals surface area contributed by atoms with E-state index in [-0.39, 0.29) is 18.6 Å². The molecule has 0 radical (unpaired) electrons. The van der Waals surface area contributed by atoms with Crippen LogP contribution in [0, 0.1) is 5.41 Å². The summed E-state index contributed by atoms with van der Waals surface area (Å²) in [6, 6.07) is 1.01. The van der Waals surface area contributed by atoms with Crippen LogP contribution in [0.2, 0.25) is 25.7 Å². The predicted molar refractivity (Wildman–Crippen MR) is 59.7 cm³/mol. The van der Waals surface area contributed by atoms with Crippen LogP contribution in [-0.4, -0.2) is 31.5 Å². The highest BCUT2D eigenvalue weighted by atomic mass is 28.3. The lowest BCUT2D eigenvalue weighted by molar-refractivity contribution is 0.0611. The Hall–Kier alpha value is 0.137. The normalized spacial score (nSPS) is 13.4. The van der Waals surface area contributed by atoms with E-state index in [9.17, 15) is 10.2 Å². The Kier molecular flexibility index (Phi) is 5.18. The maximum Gasteiger partial charge on any atom is 0.0506 e. The fourth-order valence-electron chi connectivity index (χ4n) is 2.06. The van der Waals surface area contributed by atoms with Crippen molar-refractivity contribution in [2.75, 3.05) is 13.2 Å². The number of hydrogen-bond acceptors (Lipinski definition) is 2. The van der Waals surface area contributed by atoms with E-state index in [4.69, 9.17) is 0 Å². The second kappa shape index (κ2) is 5.13. The fraction of sp³-hybridized carbons (Fsp3) is 1.00. The molecule has 13 heavy (non-hydrogen) atoms. The van der Waals surface area contributed by atoms with Gasteiger partial charge < -0.3 is 10.2 Å². The molecule has 0 heterocycles. The van der Waals surface area contributed by atoms with Gasteiger partial charge in [-0.1, -0.05) is 33.0 Å². The zero-order chi connectivity index (χ0) is 10.5. The van der Waals surface area contributed by atoms with Gasteiger partial charge in [0, 0.05) is 13.5 Å². The average Bonchev–Trinajstić information content (AvgIpc) is 2.01. The fourth-order valence-corrected chi connectivity index (χ4v) is 4.71. The van der Waals surface area contributed by atoms with Crippen molar-refractivity contribution in [3.8, 4) is 0 Å². The lowest BCUT2D eigenvalue weighted by Gasteiger charge is -2.34. The maximum absolute atomic E-state index is 9.33. The summed E-state index contributed by atoms with van der Waals surface area (Å²) in [5.74, 6) is 0. The topological polar surface area (TPSA) is 40.5 Å². The van der Waals surface area contributed by atoms with Gasteiger partial charge in [0.05, 0.1) is 13.2 Å². The molecule has 0 aliphatic heterocycles. The molecular formula is C10H24O2Si. The second-order valence-corrected chi connectivity index (χ2v) is 10.8. The summed E-state index contributed by atoms with van der Waals surface area (Å²) in [5, 5.41) is 18.7. The molecule has 0 amide bonds. The minimum atomic E-state index is -1.19. The Bertz CT molecular complexity index is 136. The number of rotatable bonds is 6. The molecule has 0 aliphatic rings. The van der Waals surface area contributed by atoms with Crippen molar-refractivity contribution in [3.63, 3.8) is 0 Å². The summed E-state index contributed by atoms with van der Waals surface area (Å²) in [5.41, 5.74) is -0.209. The predicted octanol–water partition coefficient (Wildman–Crippen LogP) is 2.10. The van der Waals surface area contributed by atoms with Crippen LogP contribution >= 0.6 is 0 Å². The maximum atomic E-state index is 9.33. The Labute approximate surface area is 83.0 Å². The summed E-state index contributed by atoms with van der Waals surface area (Å²) >= 11 is 0. The molecule has 0 fully saturated rings. The molecule has 0 saturated heterocycles. The standard InChI is InChI=1S/C10H24O2Si/c1-5-6-10(7-11,8-12)9-13(2,3)4/h11-12H,5-9H2,1-4H3. The molecule has 0 aromatic rings. The van der Waals surface area contributed by atoms with E-state index < -0.39 is 8.07 Å². The van der Waals surface area contributed by atoms with Gasteiger partial charge in [-0.15, -0.1) is 0 Å². The van der Waals surface area contributed by atoms with Gasteiger partial charge in [0.2, 0.25) is 0 Å². The first-order chi connectivity index (χ1) is 5.89. The van der Waals surface area contributed by atoms with Crippen LogP contribution in [0.15, 0.2) is 0 Å². The van der Waals surface area contributed by atoms with E-state index in [1.165, 1.54) is 0 Å². The van der Waals surface area contributed by atoms with Crippen LogP contribution < -0.4 is 0 Å². The third-order valence-electron chi connectivity index (χ3n) is 2.36. The van der Waals surface area contributed by atoms with Crippen molar-refractivity contribution < 1.29 is 10.2 Å². The summed E-state index contributed by atoms with van der Waals surface area (Å²) in [6.07, 6.45) is 1.97. The Morgan fingerprint density at radius 2 is 1.54 bits per heavy atom. The first-order valence-corrected chi connectivity index (χ1v) is 8.81. The van der Waals surface area contributed by atoms with Crippen LogP contribution in [0.25, 0.3) is 0 Å². The molecule has 0 aromatic carbocycles. The van der Waals surface area contributed by atoms with Gasteiger partial charge in [-0.2, -0.15) is 0 Å². The molecule has 2 nitrogen and oxygen atoms in total. The minimum absolute atomic E-state index is 0.127. The molecule has 0 spiro atoms. The highest BCUT2D eigenvalue weighted by Crippen LogP contribution is 2.33. The third-order valence-corrected chi connectivity index (χ3v) is 4.17. The lowest BCUT2D eigenvalue weighted by Crippen LogP contribution is -2.38. The molecule has 0 saturated carbocycles. The van der Waals surface area contributed by atoms with Crippen molar-refractivity contribution in [2.24, 2.45) is 5.41 Å². The molecule has 2 N–H and O–H groups in total. The zero-order valence-corrected chi connectivity index (χ0v) is 10.4. The van der Waals surface area contributed by atoms with Crippen molar-refractivity contribution in [1.82, 2.24) is 0 Å². The summed E-state index contributed by atoms with van der Waals surface area (Å²) < 4.78 is 0. The SMILES string of the molecule is CCCC(CO)(CO)C[Si](C)(C)C. The molecule has 80 valence electrons.